The van der Waals surface area contributed by atoms with Crippen LogP contribution in [0.3, 0.4) is 0 Å². The fraction of sp³-hybridized carbons (Fsp3) is 0.667. The highest BCUT2D eigenvalue weighted by Crippen LogP contribution is 2.11. The van der Waals surface area contributed by atoms with E-state index >= 15 is 0 Å². The predicted molar refractivity (Wildman–Crippen MR) is 113 cm³/mol. The molecule has 0 spiro atoms. The largest absolute Gasteiger partial charge is 0.457 e. The smallest absolute Gasteiger partial charge is 0.306 e. The number of carbonyl (C=O) groups is 2. The molecule has 4 nitrogen and oxygen atoms in total. The lowest BCUT2D eigenvalue weighted by atomic mass is 10.1. The number of allylic oxidation sites excluding steroid dienone is 2. The number of unbranched alkanes of at least 4 members (excludes halogenated alkanes) is 11. The molecule has 0 atom stereocenters. The van der Waals surface area contributed by atoms with Crippen LogP contribution in [0.15, 0.2) is 28.7 Å². The topological polar surface area (TPSA) is 56.5 Å². The molecule has 1 aromatic heterocycles. The highest BCUT2D eigenvalue weighted by atomic mass is 16.5. The lowest BCUT2D eigenvalue weighted by molar-refractivity contribution is -0.145. The quantitative estimate of drug-likeness (QED) is 0.115. The summed E-state index contributed by atoms with van der Waals surface area (Å²) in [6, 6.07) is 3.22. The summed E-state index contributed by atoms with van der Waals surface area (Å²) in [5, 5.41) is 0. The molecule has 0 aliphatic carbocycles. The number of esters is 1. The van der Waals surface area contributed by atoms with Crippen molar-refractivity contribution >= 4 is 12.3 Å². The third kappa shape index (κ3) is 13.3. The molecule has 0 saturated carbocycles. The number of ether oxygens (including phenoxy) is 1. The van der Waals surface area contributed by atoms with Crippen molar-refractivity contribution < 1.29 is 18.7 Å². The van der Waals surface area contributed by atoms with Gasteiger partial charge < -0.3 is 9.15 Å². The van der Waals surface area contributed by atoms with E-state index in [-0.39, 0.29) is 18.3 Å². The minimum absolute atomic E-state index is 0.0950. The maximum absolute atomic E-state index is 11.7. The van der Waals surface area contributed by atoms with Gasteiger partial charge in [-0.15, -0.1) is 0 Å². The van der Waals surface area contributed by atoms with Crippen LogP contribution in [0.25, 0.3) is 0 Å². The van der Waals surface area contributed by atoms with Crippen LogP contribution in [0, 0.1) is 0 Å². The Bertz CT molecular complexity index is 545. The van der Waals surface area contributed by atoms with E-state index in [1.807, 2.05) is 0 Å². The maximum atomic E-state index is 11.7. The zero-order chi connectivity index (χ0) is 20.3. The van der Waals surface area contributed by atoms with E-state index in [0.717, 1.165) is 12.8 Å². The van der Waals surface area contributed by atoms with Crippen LogP contribution in [0.4, 0.5) is 0 Å². The summed E-state index contributed by atoms with van der Waals surface area (Å²) in [4.78, 5) is 22.2. The van der Waals surface area contributed by atoms with Gasteiger partial charge >= 0.3 is 5.97 Å². The molecule has 0 saturated heterocycles. The number of hydrogen-bond acceptors (Lipinski definition) is 4. The molecular weight excluding hydrogens is 352 g/mol. The highest BCUT2D eigenvalue weighted by Gasteiger charge is 2.06. The maximum Gasteiger partial charge on any atom is 0.306 e. The first kappa shape index (κ1) is 24.2. The van der Waals surface area contributed by atoms with Gasteiger partial charge in [-0.25, -0.2) is 0 Å². The first-order valence-electron chi connectivity index (χ1n) is 11.1. The van der Waals surface area contributed by atoms with Crippen molar-refractivity contribution in [2.45, 2.75) is 103 Å². The van der Waals surface area contributed by atoms with Gasteiger partial charge in [0.2, 0.25) is 0 Å². The Balaban J connectivity index is 1.84. The van der Waals surface area contributed by atoms with E-state index < -0.39 is 0 Å². The number of rotatable bonds is 18. The normalized spacial score (nSPS) is 11.2. The number of hydrogen-bond donors (Lipinski definition) is 0. The van der Waals surface area contributed by atoms with Gasteiger partial charge in [-0.3, -0.25) is 9.59 Å². The Morgan fingerprint density at radius 1 is 0.893 bits per heavy atom. The number of aldehydes is 1. The molecule has 1 aromatic rings. The Kier molecular flexibility index (Phi) is 14.9. The van der Waals surface area contributed by atoms with Crippen LogP contribution < -0.4 is 0 Å². The van der Waals surface area contributed by atoms with Gasteiger partial charge in [0.05, 0.1) is 0 Å². The summed E-state index contributed by atoms with van der Waals surface area (Å²) in [5.74, 6) is 0.546. The Labute approximate surface area is 170 Å². The summed E-state index contributed by atoms with van der Waals surface area (Å²) >= 11 is 0. The average molecular weight is 391 g/mol. The van der Waals surface area contributed by atoms with E-state index in [0.29, 0.717) is 18.5 Å². The van der Waals surface area contributed by atoms with Crippen molar-refractivity contribution in [3.8, 4) is 0 Å². The zero-order valence-corrected chi connectivity index (χ0v) is 17.6. The van der Waals surface area contributed by atoms with E-state index in [1.165, 1.54) is 70.6 Å². The molecule has 0 aliphatic rings. The summed E-state index contributed by atoms with van der Waals surface area (Å²) in [7, 11) is 0. The van der Waals surface area contributed by atoms with E-state index in [9.17, 15) is 9.59 Å². The third-order valence-corrected chi connectivity index (χ3v) is 4.82. The fourth-order valence-electron chi connectivity index (χ4n) is 3.10. The third-order valence-electron chi connectivity index (χ3n) is 4.82. The van der Waals surface area contributed by atoms with Crippen LogP contribution in [-0.2, 0) is 16.1 Å². The number of furan rings is 1. The molecule has 0 unspecified atom stereocenters. The SMILES string of the molecule is CCCCCCCCC=CCCCCCCCC(=O)OCc1ccc(C=O)o1. The Hall–Kier alpha value is -1.84. The van der Waals surface area contributed by atoms with Gasteiger partial charge in [0.1, 0.15) is 12.4 Å². The van der Waals surface area contributed by atoms with Crippen LogP contribution in [0.2, 0.25) is 0 Å². The summed E-state index contributed by atoms with van der Waals surface area (Å²) in [6.07, 6.45) is 21.9. The van der Waals surface area contributed by atoms with Gasteiger partial charge in [0.15, 0.2) is 12.0 Å². The van der Waals surface area contributed by atoms with Crippen molar-refractivity contribution in [3.05, 3.63) is 35.8 Å². The minimum atomic E-state index is -0.207. The van der Waals surface area contributed by atoms with Crippen molar-refractivity contribution in [1.29, 1.82) is 0 Å². The van der Waals surface area contributed by atoms with Crippen LogP contribution in [-0.4, -0.2) is 12.3 Å². The van der Waals surface area contributed by atoms with E-state index in [2.05, 4.69) is 19.1 Å². The molecule has 4 heteroatoms. The molecule has 0 radical (unpaired) electrons. The van der Waals surface area contributed by atoms with Crippen LogP contribution >= 0.6 is 0 Å². The molecule has 1 heterocycles. The first-order chi connectivity index (χ1) is 13.8. The Morgan fingerprint density at radius 2 is 1.50 bits per heavy atom. The van der Waals surface area contributed by atoms with Crippen molar-refractivity contribution in [3.63, 3.8) is 0 Å². The standard InChI is InChI=1S/C24H38O4/c1-2-3-4-5-6-7-8-9-10-11-12-13-14-15-16-17-24(26)27-21-23-19-18-22(20-25)28-23/h9-10,18-20H,2-8,11-17,21H2,1H3. The Morgan fingerprint density at radius 3 is 2.11 bits per heavy atom. The summed E-state index contributed by atoms with van der Waals surface area (Å²) < 4.78 is 10.3. The fourth-order valence-corrected chi connectivity index (χ4v) is 3.10. The van der Waals surface area contributed by atoms with Gasteiger partial charge in [-0.2, -0.15) is 0 Å². The molecule has 0 fully saturated rings. The molecule has 0 aliphatic heterocycles. The highest BCUT2D eigenvalue weighted by molar-refractivity contribution is 5.70. The molecule has 0 aromatic carbocycles. The second kappa shape index (κ2) is 17.3. The van der Waals surface area contributed by atoms with Gasteiger partial charge in [0.25, 0.3) is 0 Å². The van der Waals surface area contributed by atoms with E-state index in [4.69, 9.17) is 9.15 Å². The van der Waals surface area contributed by atoms with Crippen molar-refractivity contribution in [2.24, 2.45) is 0 Å². The minimum Gasteiger partial charge on any atom is -0.457 e. The summed E-state index contributed by atoms with van der Waals surface area (Å²) in [6.45, 7) is 2.35. The molecule has 0 amide bonds. The van der Waals surface area contributed by atoms with Gasteiger partial charge in [-0.05, 0) is 44.2 Å². The van der Waals surface area contributed by atoms with E-state index in [1.54, 1.807) is 12.1 Å². The molecule has 0 bridgehead atoms. The lowest BCUT2D eigenvalue weighted by Crippen LogP contribution is -2.03. The predicted octanol–water partition coefficient (Wildman–Crippen LogP) is 7.17. The van der Waals surface area contributed by atoms with Gasteiger partial charge in [-0.1, -0.05) is 70.4 Å². The summed E-state index contributed by atoms with van der Waals surface area (Å²) in [5.41, 5.74) is 0. The zero-order valence-electron chi connectivity index (χ0n) is 17.6. The average Bonchev–Trinajstić information content (AvgIpc) is 3.17. The second-order valence-electron chi connectivity index (χ2n) is 7.42. The van der Waals surface area contributed by atoms with Crippen molar-refractivity contribution in [1.82, 2.24) is 0 Å². The molecule has 158 valence electrons. The first-order valence-corrected chi connectivity index (χ1v) is 11.1. The molecular formula is C24H38O4. The number of carbonyl (C=O) groups excluding carboxylic acids is 2. The monoisotopic (exact) mass is 390 g/mol. The second-order valence-corrected chi connectivity index (χ2v) is 7.42. The van der Waals surface area contributed by atoms with Gasteiger partial charge in [0, 0.05) is 6.42 Å². The van der Waals surface area contributed by atoms with Crippen molar-refractivity contribution in [2.75, 3.05) is 0 Å². The van der Waals surface area contributed by atoms with Crippen LogP contribution in [0.5, 0.6) is 0 Å². The van der Waals surface area contributed by atoms with Crippen LogP contribution in [0.1, 0.15) is 113 Å². The molecule has 1 rings (SSSR count). The molecule has 28 heavy (non-hydrogen) atoms. The lowest BCUT2D eigenvalue weighted by Gasteiger charge is -2.03. The molecule has 0 N–H and O–H groups in total.